The van der Waals surface area contributed by atoms with E-state index in [1.807, 2.05) is 30.3 Å². The number of nitrogens with one attached hydrogen (secondary N) is 1. The van der Waals surface area contributed by atoms with Crippen LogP contribution < -0.4 is 5.11 Å². The fourth-order valence-electron chi connectivity index (χ4n) is 1.56. The molecular weight excluding hydrogens is 218 g/mol. The fourth-order valence-corrected chi connectivity index (χ4v) is 1.56. The number of fused-ring (bicyclic) bond motifs is 1. The number of hydrazone groups is 1. The third-order valence-corrected chi connectivity index (χ3v) is 2.40. The van der Waals surface area contributed by atoms with Crippen molar-refractivity contribution < 1.29 is 9.90 Å². The van der Waals surface area contributed by atoms with Gasteiger partial charge in [0.15, 0.2) is 6.09 Å². The van der Waals surface area contributed by atoms with Crippen molar-refractivity contribution in [2.24, 2.45) is 5.10 Å². The number of aromatic nitrogens is 1. The van der Waals surface area contributed by atoms with Gasteiger partial charge in [-0.15, -0.1) is 0 Å². The van der Waals surface area contributed by atoms with Crippen molar-refractivity contribution in [1.29, 1.82) is 0 Å². The van der Waals surface area contributed by atoms with Crippen LogP contribution in [-0.2, 0) is 0 Å². The minimum Gasteiger partial charge on any atom is -0.529 e. The van der Waals surface area contributed by atoms with Crippen LogP contribution in [-0.4, -0.2) is 28.8 Å². The van der Waals surface area contributed by atoms with Crippen LogP contribution in [0.1, 0.15) is 12.6 Å². The average molecular weight is 230 g/mol. The van der Waals surface area contributed by atoms with E-state index in [1.165, 1.54) is 6.21 Å². The number of hydrogen-bond acceptors (Lipinski definition) is 3. The maximum absolute atomic E-state index is 10.6. The molecule has 5 heteroatoms. The number of amides is 1. The first-order valence-electron chi connectivity index (χ1n) is 5.31. The minimum atomic E-state index is -1.31. The summed E-state index contributed by atoms with van der Waals surface area (Å²) in [5.41, 5.74) is 1.75. The molecule has 1 amide bonds. The third kappa shape index (κ3) is 2.44. The highest BCUT2D eigenvalue weighted by Crippen LogP contribution is 2.13. The maximum Gasteiger partial charge on any atom is 0.158 e. The highest BCUT2D eigenvalue weighted by Gasteiger charge is 1.99. The number of nitrogens with zero attached hydrogens (tertiary/aromatic N) is 2. The molecule has 1 heterocycles. The second-order valence-electron chi connectivity index (χ2n) is 3.54. The Labute approximate surface area is 98.4 Å². The molecule has 0 aliphatic carbocycles. The van der Waals surface area contributed by atoms with Crippen LogP contribution in [0.4, 0.5) is 4.79 Å². The monoisotopic (exact) mass is 230 g/mol. The van der Waals surface area contributed by atoms with Gasteiger partial charge in [-0.05, 0) is 19.1 Å². The summed E-state index contributed by atoms with van der Waals surface area (Å²) in [6.07, 6.45) is 0.166. The van der Waals surface area contributed by atoms with Gasteiger partial charge in [0, 0.05) is 17.4 Å². The second-order valence-corrected chi connectivity index (χ2v) is 3.54. The Balaban J connectivity index is 2.23. The number of benzene rings is 1. The molecule has 1 aromatic carbocycles. The van der Waals surface area contributed by atoms with E-state index >= 15 is 0 Å². The summed E-state index contributed by atoms with van der Waals surface area (Å²) in [5, 5.41) is 16.4. The topological polar surface area (TPSA) is 71.5 Å². The number of para-hydroxylation sites is 1. The van der Waals surface area contributed by atoms with Crippen LogP contribution >= 0.6 is 0 Å². The van der Waals surface area contributed by atoms with Crippen molar-refractivity contribution in [3.8, 4) is 0 Å². The predicted octanol–water partition coefficient (Wildman–Crippen LogP) is 1.17. The van der Waals surface area contributed by atoms with E-state index in [0.717, 1.165) is 21.6 Å². The first-order chi connectivity index (χ1) is 8.20. The van der Waals surface area contributed by atoms with Crippen molar-refractivity contribution in [3.05, 3.63) is 36.0 Å². The molecule has 0 unspecified atom stereocenters. The van der Waals surface area contributed by atoms with E-state index in [0.29, 0.717) is 0 Å². The van der Waals surface area contributed by atoms with Crippen LogP contribution in [0.2, 0.25) is 0 Å². The summed E-state index contributed by atoms with van der Waals surface area (Å²) in [6, 6.07) is 9.69. The molecule has 0 fully saturated rings. The van der Waals surface area contributed by atoms with Gasteiger partial charge in [-0.3, -0.25) is 0 Å². The Morgan fingerprint density at radius 2 is 2.29 bits per heavy atom. The first-order valence-corrected chi connectivity index (χ1v) is 5.31. The maximum atomic E-state index is 10.6. The van der Waals surface area contributed by atoms with Crippen molar-refractivity contribution in [2.75, 3.05) is 6.54 Å². The van der Waals surface area contributed by atoms with Gasteiger partial charge < -0.3 is 14.9 Å². The third-order valence-electron chi connectivity index (χ3n) is 2.40. The molecule has 0 spiro atoms. The summed E-state index contributed by atoms with van der Waals surface area (Å²) in [5.74, 6) is 0. The molecule has 0 aliphatic rings. The predicted molar refractivity (Wildman–Crippen MR) is 63.7 cm³/mol. The molecule has 5 nitrogen and oxygen atoms in total. The lowest BCUT2D eigenvalue weighted by molar-refractivity contribution is -0.265. The van der Waals surface area contributed by atoms with E-state index in [2.05, 4.69) is 10.1 Å². The minimum absolute atomic E-state index is 0.263. The summed E-state index contributed by atoms with van der Waals surface area (Å²) in [7, 11) is 0. The lowest BCUT2D eigenvalue weighted by Gasteiger charge is -2.15. The molecule has 0 saturated carbocycles. The zero-order valence-electron chi connectivity index (χ0n) is 9.38. The highest BCUT2D eigenvalue weighted by molar-refractivity contribution is 5.89. The smallest absolute Gasteiger partial charge is 0.158 e. The molecule has 88 valence electrons. The van der Waals surface area contributed by atoms with Crippen LogP contribution in [0.15, 0.2) is 35.4 Å². The number of carbonyl (C=O) groups is 1. The number of H-pyrrole nitrogens is 1. The van der Waals surface area contributed by atoms with Crippen LogP contribution in [0.25, 0.3) is 10.9 Å². The van der Waals surface area contributed by atoms with Gasteiger partial charge in [0.1, 0.15) is 0 Å². The van der Waals surface area contributed by atoms with Gasteiger partial charge in [0.25, 0.3) is 0 Å². The standard InChI is InChI=1S/C12H13N3O2/c1-2-15(12(16)17)13-8-10-7-9-5-3-4-6-11(9)14-10/h3-8,14H,2H2,1H3,(H,16,17)/p-1/b13-8+. The molecule has 1 aromatic heterocycles. The number of carboxylic acid groups (broad SMARTS) is 1. The van der Waals surface area contributed by atoms with E-state index in [-0.39, 0.29) is 6.54 Å². The highest BCUT2D eigenvalue weighted by atomic mass is 16.4. The van der Waals surface area contributed by atoms with Crippen molar-refractivity contribution in [3.63, 3.8) is 0 Å². The second kappa shape index (κ2) is 4.69. The van der Waals surface area contributed by atoms with Gasteiger partial charge in [-0.25, -0.2) is 5.01 Å². The molecule has 1 N–H and O–H groups in total. The fraction of sp³-hybridized carbons (Fsp3) is 0.167. The van der Waals surface area contributed by atoms with Crippen molar-refractivity contribution in [2.45, 2.75) is 6.92 Å². The van der Waals surface area contributed by atoms with E-state index in [9.17, 15) is 9.90 Å². The van der Waals surface area contributed by atoms with E-state index < -0.39 is 6.09 Å². The summed E-state index contributed by atoms with van der Waals surface area (Å²) in [4.78, 5) is 13.7. The lowest BCUT2D eigenvalue weighted by atomic mass is 10.2. The average Bonchev–Trinajstić information content (AvgIpc) is 2.71. The summed E-state index contributed by atoms with van der Waals surface area (Å²) >= 11 is 0. The van der Waals surface area contributed by atoms with E-state index in [4.69, 9.17) is 0 Å². The number of hydrogen-bond donors (Lipinski definition) is 1. The Morgan fingerprint density at radius 3 is 2.94 bits per heavy atom. The van der Waals surface area contributed by atoms with Gasteiger partial charge in [-0.1, -0.05) is 18.2 Å². The summed E-state index contributed by atoms with van der Waals surface area (Å²) in [6.45, 7) is 1.96. The zero-order valence-corrected chi connectivity index (χ0v) is 9.38. The first kappa shape index (κ1) is 11.2. The number of aromatic amines is 1. The molecule has 17 heavy (non-hydrogen) atoms. The molecule has 0 aliphatic heterocycles. The zero-order chi connectivity index (χ0) is 12.3. The Bertz CT molecular complexity index is 527. The molecule has 2 rings (SSSR count). The van der Waals surface area contributed by atoms with Crippen LogP contribution in [0.5, 0.6) is 0 Å². The van der Waals surface area contributed by atoms with Crippen molar-refractivity contribution in [1.82, 2.24) is 9.99 Å². The van der Waals surface area contributed by atoms with Crippen LogP contribution in [0.3, 0.4) is 0 Å². The quantitative estimate of drug-likeness (QED) is 0.635. The normalized spacial score (nSPS) is 11.1. The van der Waals surface area contributed by atoms with Gasteiger partial charge in [0.05, 0.1) is 11.9 Å². The Hall–Kier alpha value is -2.30. The largest absolute Gasteiger partial charge is 0.529 e. The Morgan fingerprint density at radius 1 is 1.53 bits per heavy atom. The van der Waals surface area contributed by atoms with Gasteiger partial charge >= 0.3 is 0 Å². The molecule has 0 saturated heterocycles. The SMILES string of the molecule is CCN(/N=C/c1cc2ccccc2[nH]1)C(=O)[O-]. The van der Waals surface area contributed by atoms with Gasteiger partial charge in [-0.2, -0.15) is 5.10 Å². The van der Waals surface area contributed by atoms with Crippen molar-refractivity contribution >= 4 is 23.2 Å². The molecule has 2 aromatic rings. The molecule has 0 atom stereocenters. The molecule has 0 bridgehead atoms. The Kier molecular flexibility index (Phi) is 3.09. The van der Waals surface area contributed by atoms with E-state index in [1.54, 1.807) is 6.92 Å². The van der Waals surface area contributed by atoms with Gasteiger partial charge in [0.2, 0.25) is 0 Å². The van der Waals surface area contributed by atoms with Crippen LogP contribution in [0, 0.1) is 0 Å². The molecule has 0 radical (unpaired) electrons. The number of carbonyl (C=O) groups excluding carboxylic acids is 1. The summed E-state index contributed by atoms with van der Waals surface area (Å²) < 4.78 is 0. The molecular formula is C12H12N3O2-. The number of rotatable bonds is 3. The lowest BCUT2D eigenvalue weighted by Crippen LogP contribution is -2.37.